The zero-order valence-electron chi connectivity index (χ0n) is 19.6. The molecule has 0 aliphatic heterocycles. The van der Waals surface area contributed by atoms with Crippen molar-refractivity contribution in [3.8, 4) is 17.6 Å². The Morgan fingerprint density at radius 2 is 1.73 bits per heavy atom. The number of carbonyl (C=O) groups is 1. The maximum atomic E-state index is 12.8. The molecule has 2 N–H and O–H groups in total. The molecule has 12 nitrogen and oxygen atoms in total. The Morgan fingerprint density at radius 1 is 1.00 bits per heavy atom. The van der Waals surface area contributed by atoms with Crippen LogP contribution in [-0.2, 0) is 16.8 Å². The molecule has 14 heteroatoms. The highest BCUT2D eigenvalue weighted by molar-refractivity contribution is 7.92. The summed E-state index contributed by atoms with van der Waals surface area (Å²) >= 11 is 5.85. The first-order valence-electron chi connectivity index (χ1n) is 10.6. The summed E-state index contributed by atoms with van der Waals surface area (Å²) in [5, 5.41) is 7.45. The first-order valence-corrected chi connectivity index (χ1v) is 12.4. The molecular weight excluding hydrogens is 524 g/mol. The largest absolute Gasteiger partial charge is 0.481 e. The number of nitrogens with one attached hydrogen (secondary N) is 2. The Labute approximate surface area is 217 Å². The second-order valence-corrected chi connectivity index (χ2v) is 9.45. The Balaban J connectivity index is 1.37. The third kappa shape index (κ3) is 6.65. The van der Waals surface area contributed by atoms with Crippen LogP contribution in [0.3, 0.4) is 0 Å². The van der Waals surface area contributed by atoms with Gasteiger partial charge in [-0.2, -0.15) is 15.1 Å². The number of ether oxygens (including phenoxy) is 3. The van der Waals surface area contributed by atoms with Crippen molar-refractivity contribution in [2.75, 3.05) is 24.3 Å². The summed E-state index contributed by atoms with van der Waals surface area (Å²) in [5.41, 5.74) is 0.533. The molecule has 0 atom stereocenters. The van der Waals surface area contributed by atoms with E-state index in [4.69, 9.17) is 25.8 Å². The van der Waals surface area contributed by atoms with Gasteiger partial charge in [0, 0.05) is 23.0 Å². The monoisotopic (exact) mass is 544 g/mol. The quantitative estimate of drug-likeness (QED) is 0.306. The van der Waals surface area contributed by atoms with Gasteiger partial charge in [0.2, 0.25) is 5.88 Å². The van der Waals surface area contributed by atoms with Crippen molar-refractivity contribution < 1.29 is 27.4 Å². The van der Waals surface area contributed by atoms with E-state index in [-0.39, 0.29) is 35.0 Å². The molecule has 0 unspecified atom stereocenters. The first-order chi connectivity index (χ1) is 17.8. The number of hydrogen-bond acceptors (Lipinski definition) is 9. The molecule has 4 rings (SSSR count). The number of benzene rings is 2. The number of methoxy groups -OCH3 is 2. The minimum absolute atomic E-state index is 0.0308. The molecular formula is C23H21ClN6O6S. The molecule has 0 aliphatic carbocycles. The smallest absolute Gasteiger partial charge is 0.321 e. The molecule has 0 radical (unpaired) electrons. The minimum Gasteiger partial charge on any atom is -0.481 e. The molecule has 1 amide bonds. The average Bonchev–Trinajstić information content (AvgIpc) is 3.37. The first kappa shape index (κ1) is 25.7. The van der Waals surface area contributed by atoms with Crippen LogP contribution in [0.1, 0.15) is 10.5 Å². The third-order valence-electron chi connectivity index (χ3n) is 4.79. The van der Waals surface area contributed by atoms with Crippen molar-refractivity contribution in [2.24, 2.45) is 0 Å². The summed E-state index contributed by atoms with van der Waals surface area (Å²) in [5.74, 6) is 0.228. The number of nitrogens with zero attached hydrogens (tertiary/aromatic N) is 4. The lowest BCUT2D eigenvalue weighted by Crippen LogP contribution is -2.16. The number of halogens is 1. The molecule has 192 valence electrons. The summed E-state index contributed by atoms with van der Waals surface area (Å²) in [7, 11) is -1.26. The molecule has 2 aromatic heterocycles. The SMILES string of the molecule is COc1cc(NS(=O)(=O)c2ccc(NC(=O)c3ccn(COc4ccc(Cl)cc4)n3)cc2)nc(OC)n1. The van der Waals surface area contributed by atoms with Crippen LogP contribution >= 0.6 is 11.6 Å². The van der Waals surface area contributed by atoms with Crippen LogP contribution < -0.4 is 24.2 Å². The topological polar surface area (TPSA) is 147 Å². The van der Waals surface area contributed by atoms with Gasteiger partial charge in [-0.25, -0.2) is 13.1 Å². The predicted molar refractivity (Wildman–Crippen MR) is 135 cm³/mol. The van der Waals surface area contributed by atoms with Crippen molar-refractivity contribution in [1.82, 2.24) is 19.7 Å². The number of rotatable bonds is 10. The molecule has 0 saturated heterocycles. The summed E-state index contributed by atoms with van der Waals surface area (Å²) in [6, 6.07) is 15.2. The highest BCUT2D eigenvalue weighted by atomic mass is 35.5. The van der Waals surface area contributed by atoms with E-state index < -0.39 is 15.9 Å². The fourth-order valence-electron chi connectivity index (χ4n) is 2.99. The summed E-state index contributed by atoms with van der Waals surface area (Å²) in [6.45, 7) is 0.0958. The molecule has 37 heavy (non-hydrogen) atoms. The number of anilines is 2. The van der Waals surface area contributed by atoms with E-state index in [0.717, 1.165) is 0 Å². The molecule has 4 aromatic rings. The van der Waals surface area contributed by atoms with Crippen LogP contribution in [0, 0.1) is 0 Å². The number of amides is 1. The van der Waals surface area contributed by atoms with Gasteiger partial charge in [-0.1, -0.05) is 11.6 Å². The highest BCUT2D eigenvalue weighted by Crippen LogP contribution is 2.22. The lowest BCUT2D eigenvalue weighted by atomic mass is 10.3. The van der Waals surface area contributed by atoms with Gasteiger partial charge < -0.3 is 19.5 Å². The van der Waals surface area contributed by atoms with E-state index in [1.165, 1.54) is 55.3 Å². The van der Waals surface area contributed by atoms with Crippen LogP contribution in [0.25, 0.3) is 0 Å². The van der Waals surface area contributed by atoms with E-state index in [2.05, 4.69) is 25.1 Å². The molecule has 0 fully saturated rings. The fraction of sp³-hybridized carbons (Fsp3) is 0.130. The van der Waals surface area contributed by atoms with Crippen molar-refractivity contribution >= 4 is 39.0 Å². The van der Waals surface area contributed by atoms with E-state index in [1.54, 1.807) is 30.5 Å². The molecule has 2 heterocycles. The molecule has 0 saturated carbocycles. The average molecular weight is 545 g/mol. The van der Waals surface area contributed by atoms with Gasteiger partial charge in [-0.05, 0) is 54.6 Å². The Hall–Kier alpha value is -4.36. The zero-order valence-corrected chi connectivity index (χ0v) is 21.2. The van der Waals surface area contributed by atoms with Gasteiger partial charge in [-0.3, -0.25) is 9.52 Å². The maximum Gasteiger partial charge on any atom is 0.321 e. The molecule has 0 bridgehead atoms. The number of aromatic nitrogens is 4. The number of sulfonamides is 1. The van der Waals surface area contributed by atoms with Crippen LogP contribution in [0.5, 0.6) is 17.6 Å². The van der Waals surface area contributed by atoms with Crippen molar-refractivity contribution in [1.29, 1.82) is 0 Å². The predicted octanol–water partition coefficient (Wildman–Crippen LogP) is 3.43. The normalized spacial score (nSPS) is 11.0. The molecule has 0 spiro atoms. The minimum atomic E-state index is -3.99. The van der Waals surface area contributed by atoms with Crippen molar-refractivity contribution in [3.63, 3.8) is 0 Å². The second kappa shape index (κ2) is 11.1. The van der Waals surface area contributed by atoms with Crippen LogP contribution in [-0.4, -0.2) is 48.3 Å². The number of carbonyl (C=O) groups excluding carboxylic acids is 1. The van der Waals surface area contributed by atoms with Gasteiger partial charge in [0.05, 0.1) is 19.1 Å². The van der Waals surface area contributed by atoms with Gasteiger partial charge in [0.1, 0.15) is 5.75 Å². The summed E-state index contributed by atoms with van der Waals surface area (Å²) in [4.78, 5) is 20.4. The van der Waals surface area contributed by atoms with Crippen LogP contribution in [0.4, 0.5) is 11.5 Å². The van der Waals surface area contributed by atoms with Gasteiger partial charge in [0.15, 0.2) is 18.2 Å². The van der Waals surface area contributed by atoms with Crippen LogP contribution in [0.2, 0.25) is 5.02 Å². The molecule has 2 aromatic carbocycles. The van der Waals surface area contributed by atoms with E-state index in [0.29, 0.717) is 16.5 Å². The third-order valence-corrected chi connectivity index (χ3v) is 6.41. The Bertz CT molecular complexity index is 1470. The fourth-order valence-corrected chi connectivity index (χ4v) is 4.11. The van der Waals surface area contributed by atoms with Gasteiger partial charge in [-0.15, -0.1) is 0 Å². The lowest BCUT2D eigenvalue weighted by Gasteiger charge is -2.10. The maximum absolute atomic E-state index is 12.8. The van der Waals surface area contributed by atoms with Crippen molar-refractivity contribution in [3.05, 3.63) is 77.6 Å². The Kier molecular flexibility index (Phi) is 7.74. The van der Waals surface area contributed by atoms with Gasteiger partial charge >= 0.3 is 6.01 Å². The summed E-state index contributed by atoms with van der Waals surface area (Å²) in [6.07, 6.45) is 1.60. The zero-order chi connectivity index (χ0) is 26.4. The van der Waals surface area contributed by atoms with Crippen LogP contribution in [0.15, 0.2) is 71.8 Å². The summed E-state index contributed by atoms with van der Waals surface area (Å²) < 4.78 is 44.9. The van der Waals surface area contributed by atoms with E-state index in [9.17, 15) is 13.2 Å². The number of hydrogen-bond donors (Lipinski definition) is 2. The standard InChI is InChI=1S/C23H21ClN6O6S/c1-34-21-13-20(26-23(27-21)35-2)29-37(32,33)18-9-5-16(6-10-18)25-22(31)19-11-12-30(28-19)14-36-17-7-3-15(24)4-8-17/h3-13H,14H2,1-2H3,(H,25,31)(H,26,27,29). The highest BCUT2D eigenvalue weighted by Gasteiger charge is 2.17. The lowest BCUT2D eigenvalue weighted by molar-refractivity contribution is 0.102. The van der Waals surface area contributed by atoms with Crippen molar-refractivity contribution in [2.45, 2.75) is 11.6 Å². The van der Waals surface area contributed by atoms with E-state index in [1.807, 2.05) is 0 Å². The molecule has 0 aliphatic rings. The second-order valence-electron chi connectivity index (χ2n) is 7.33. The van der Waals surface area contributed by atoms with Gasteiger partial charge in [0.25, 0.3) is 15.9 Å². The Morgan fingerprint density at radius 3 is 2.41 bits per heavy atom. The van der Waals surface area contributed by atoms with E-state index >= 15 is 0 Å².